The lowest BCUT2D eigenvalue weighted by Gasteiger charge is -2.30. The van der Waals surface area contributed by atoms with Gasteiger partial charge in [-0.1, -0.05) is 121 Å². The van der Waals surface area contributed by atoms with Crippen LogP contribution < -0.4 is 21.3 Å². The first-order valence-electron chi connectivity index (χ1n) is 22.2. The molecule has 18 nitrogen and oxygen atoms in total. The molecule has 6 amide bonds. The standard InChI is InChI=1S/C49H55N7O11/c57-42(30-51-47(61)65-32-36-18-7-2-8-19-36)55-28-14-25-40(55)43(58)52-39(44(59)56-29-15-26-41(56)45(60)64-31-35-16-5-1-6-17-35)24-13-27-50-46(53-48(62)66-33-37-20-9-3-10-21-37)54-49(63)67-34-38-22-11-4-12-23-38/h1-12,16-23,39-41H,13-15,24-34H2,(H,51,61)(H,52,58)(H2,50,53,54,62,63)/t39-,40-,41?/m0/s1. The topological polar surface area (TPSA) is 223 Å². The smallest absolute Gasteiger partial charge is 0.414 e. The minimum absolute atomic E-state index is 0.00981. The first-order valence-corrected chi connectivity index (χ1v) is 22.2. The molecule has 2 heterocycles. The molecule has 2 aliphatic heterocycles. The fourth-order valence-corrected chi connectivity index (χ4v) is 7.50. The molecule has 2 saturated heterocycles. The monoisotopic (exact) mass is 917 g/mol. The van der Waals surface area contributed by atoms with Gasteiger partial charge in [-0.3, -0.25) is 30.0 Å². The SMILES string of the molecule is O=C(NCC(=O)N1CCC[C@H]1C(=O)N[C@@H](CCCN=C(NC(=O)OCc1ccccc1)NC(=O)OCc1ccccc1)C(=O)N1CCCC1C(=O)OCc1ccccc1)OCc1ccccc1. The number of nitrogens with zero attached hydrogens (tertiary/aromatic N) is 3. The first-order chi connectivity index (χ1) is 32.6. The van der Waals surface area contributed by atoms with E-state index in [0.29, 0.717) is 25.7 Å². The van der Waals surface area contributed by atoms with E-state index in [1.165, 1.54) is 9.80 Å². The minimum Gasteiger partial charge on any atom is -0.459 e. The molecule has 4 aromatic rings. The number of guanidine groups is 1. The van der Waals surface area contributed by atoms with Gasteiger partial charge in [-0.25, -0.2) is 19.2 Å². The van der Waals surface area contributed by atoms with Gasteiger partial charge in [-0.05, 0) is 60.8 Å². The fourth-order valence-electron chi connectivity index (χ4n) is 7.50. The molecule has 352 valence electrons. The molecule has 0 aromatic heterocycles. The molecule has 0 saturated carbocycles. The summed E-state index contributed by atoms with van der Waals surface area (Å²) in [5.41, 5.74) is 3.02. The van der Waals surface area contributed by atoms with Gasteiger partial charge >= 0.3 is 24.2 Å². The van der Waals surface area contributed by atoms with E-state index in [9.17, 15) is 33.6 Å². The number of carbonyl (C=O) groups excluding carboxylic acids is 7. The zero-order chi connectivity index (χ0) is 47.2. The third kappa shape index (κ3) is 15.7. The highest BCUT2D eigenvalue weighted by molar-refractivity contribution is 6.01. The molecule has 3 atom stereocenters. The van der Waals surface area contributed by atoms with Gasteiger partial charge in [0.05, 0.1) is 0 Å². The van der Waals surface area contributed by atoms with Crippen LogP contribution in [0, 0.1) is 0 Å². The zero-order valence-corrected chi connectivity index (χ0v) is 37.0. The highest BCUT2D eigenvalue weighted by atomic mass is 16.6. The van der Waals surface area contributed by atoms with Crippen LogP contribution >= 0.6 is 0 Å². The molecular weight excluding hydrogens is 863 g/mol. The number of hydrogen-bond acceptors (Lipinski definition) is 12. The minimum atomic E-state index is -1.18. The highest BCUT2D eigenvalue weighted by Gasteiger charge is 2.41. The second kappa shape index (κ2) is 25.7. The van der Waals surface area contributed by atoms with Gasteiger partial charge in [0.25, 0.3) is 0 Å². The third-order valence-corrected chi connectivity index (χ3v) is 10.9. The van der Waals surface area contributed by atoms with E-state index in [1.54, 1.807) is 60.7 Å². The summed E-state index contributed by atoms with van der Waals surface area (Å²) >= 11 is 0. The maximum atomic E-state index is 14.4. The van der Waals surface area contributed by atoms with E-state index in [1.807, 2.05) is 60.7 Å². The normalized spacial score (nSPS) is 15.6. The summed E-state index contributed by atoms with van der Waals surface area (Å²) in [6, 6.07) is 33.1. The zero-order valence-electron chi connectivity index (χ0n) is 37.0. The van der Waals surface area contributed by atoms with Gasteiger partial charge in [-0.15, -0.1) is 0 Å². The Hall–Kier alpha value is -7.76. The van der Waals surface area contributed by atoms with Crippen LogP contribution in [0.3, 0.4) is 0 Å². The van der Waals surface area contributed by atoms with Crippen molar-refractivity contribution in [2.45, 2.75) is 83.1 Å². The number of likely N-dealkylation sites (tertiary alicyclic amines) is 2. The lowest BCUT2D eigenvalue weighted by atomic mass is 10.1. The third-order valence-electron chi connectivity index (χ3n) is 10.9. The predicted molar refractivity (Wildman–Crippen MR) is 243 cm³/mol. The van der Waals surface area contributed by atoms with Gasteiger partial charge < -0.3 is 39.4 Å². The number of ether oxygens (including phenoxy) is 4. The van der Waals surface area contributed by atoms with Gasteiger partial charge in [0.15, 0.2) is 0 Å². The second-order valence-electron chi connectivity index (χ2n) is 15.8. The molecule has 18 heteroatoms. The Balaban J connectivity index is 1.11. The van der Waals surface area contributed by atoms with Crippen LogP contribution in [-0.2, 0) is 64.6 Å². The van der Waals surface area contributed by atoms with Crippen molar-refractivity contribution >= 4 is 47.9 Å². The first kappa shape index (κ1) is 48.7. The van der Waals surface area contributed by atoms with E-state index in [0.717, 1.165) is 22.3 Å². The van der Waals surface area contributed by atoms with E-state index in [4.69, 9.17) is 18.9 Å². The Labute approximate surface area is 388 Å². The van der Waals surface area contributed by atoms with Crippen molar-refractivity contribution in [1.29, 1.82) is 0 Å². The summed E-state index contributed by atoms with van der Waals surface area (Å²) in [4.78, 5) is 100. The number of nitrogens with one attached hydrogen (secondary N) is 4. The van der Waals surface area contributed by atoms with E-state index < -0.39 is 66.6 Å². The molecule has 0 spiro atoms. The van der Waals surface area contributed by atoms with Crippen LogP contribution in [0.2, 0.25) is 0 Å². The highest BCUT2D eigenvalue weighted by Crippen LogP contribution is 2.23. The van der Waals surface area contributed by atoms with Crippen molar-refractivity contribution in [2.75, 3.05) is 26.2 Å². The molecule has 2 fully saturated rings. The Bertz CT molecular complexity index is 2240. The van der Waals surface area contributed by atoms with Crippen LogP contribution in [0.4, 0.5) is 14.4 Å². The Morgan fingerprint density at radius 3 is 1.52 bits per heavy atom. The molecule has 2 aliphatic rings. The van der Waals surface area contributed by atoms with Crippen molar-refractivity contribution in [1.82, 2.24) is 31.1 Å². The van der Waals surface area contributed by atoms with Crippen LogP contribution in [0.15, 0.2) is 126 Å². The van der Waals surface area contributed by atoms with E-state index in [-0.39, 0.29) is 64.9 Å². The van der Waals surface area contributed by atoms with E-state index in [2.05, 4.69) is 26.3 Å². The Morgan fingerprint density at radius 1 is 0.567 bits per heavy atom. The van der Waals surface area contributed by atoms with E-state index >= 15 is 0 Å². The van der Waals surface area contributed by atoms with Crippen molar-refractivity contribution < 1.29 is 52.5 Å². The van der Waals surface area contributed by atoms with Crippen LogP contribution in [-0.4, -0.2) is 102 Å². The van der Waals surface area contributed by atoms with Crippen LogP contribution in [0.1, 0.15) is 60.8 Å². The maximum Gasteiger partial charge on any atom is 0.414 e. The second-order valence-corrected chi connectivity index (χ2v) is 15.8. The molecular formula is C49H55N7O11. The summed E-state index contributed by atoms with van der Waals surface area (Å²) in [6.07, 6.45) is -0.762. The molecule has 0 radical (unpaired) electrons. The van der Waals surface area contributed by atoms with Crippen LogP contribution in [0.25, 0.3) is 0 Å². The van der Waals surface area contributed by atoms with Gasteiger partial charge in [-0.2, -0.15) is 0 Å². The molecule has 6 rings (SSSR count). The number of rotatable bonds is 18. The molecule has 0 bridgehead atoms. The number of alkyl carbamates (subject to hydrolysis) is 3. The van der Waals surface area contributed by atoms with Gasteiger partial charge in [0.1, 0.15) is 51.1 Å². The average Bonchev–Trinajstić information content (AvgIpc) is 4.07. The molecule has 0 aliphatic carbocycles. The van der Waals surface area contributed by atoms with Crippen LogP contribution in [0.5, 0.6) is 0 Å². The molecule has 4 N–H and O–H groups in total. The Kier molecular flexibility index (Phi) is 18.6. The summed E-state index contributed by atoms with van der Waals surface area (Å²) < 4.78 is 21.5. The quantitative estimate of drug-likeness (QED) is 0.0338. The summed E-state index contributed by atoms with van der Waals surface area (Å²) in [5, 5.41) is 10.2. The number of amides is 6. The molecule has 67 heavy (non-hydrogen) atoms. The largest absolute Gasteiger partial charge is 0.459 e. The summed E-state index contributed by atoms with van der Waals surface area (Å²) in [7, 11) is 0. The average molecular weight is 918 g/mol. The van der Waals surface area contributed by atoms with Gasteiger partial charge in [0.2, 0.25) is 23.7 Å². The number of aliphatic imine (C=N–C) groups is 1. The molecule has 4 aromatic carbocycles. The predicted octanol–water partition coefficient (Wildman–Crippen LogP) is 5.11. The van der Waals surface area contributed by atoms with Crippen molar-refractivity contribution in [3.05, 3.63) is 144 Å². The van der Waals surface area contributed by atoms with Gasteiger partial charge in [0, 0.05) is 19.6 Å². The Morgan fingerprint density at radius 2 is 1.01 bits per heavy atom. The van der Waals surface area contributed by atoms with Crippen molar-refractivity contribution in [2.24, 2.45) is 4.99 Å². The van der Waals surface area contributed by atoms with Crippen molar-refractivity contribution in [3.8, 4) is 0 Å². The summed E-state index contributed by atoms with van der Waals surface area (Å²) in [6.45, 7) is -0.0686. The lowest BCUT2D eigenvalue weighted by Crippen LogP contribution is -2.56. The number of benzene rings is 4. The van der Waals surface area contributed by atoms with Crippen molar-refractivity contribution in [3.63, 3.8) is 0 Å². The number of esters is 1. The number of hydrogen-bond donors (Lipinski definition) is 4. The fraction of sp³-hybridized carbons (Fsp3) is 0.347. The lowest BCUT2D eigenvalue weighted by molar-refractivity contribution is -0.155. The number of carbonyl (C=O) groups is 7. The maximum absolute atomic E-state index is 14.4. The molecule has 1 unspecified atom stereocenters. The summed E-state index contributed by atoms with van der Waals surface area (Å²) in [5.74, 6) is -2.48.